The van der Waals surface area contributed by atoms with Crippen LogP contribution in [0.1, 0.15) is 32.9 Å². The molecule has 3 heterocycles. The van der Waals surface area contributed by atoms with E-state index in [1.54, 1.807) is 30.1 Å². The summed E-state index contributed by atoms with van der Waals surface area (Å²) >= 11 is 0. The highest BCUT2D eigenvalue weighted by atomic mass is 16.5. The summed E-state index contributed by atoms with van der Waals surface area (Å²) in [6.07, 6.45) is 2.44. The fourth-order valence-corrected chi connectivity index (χ4v) is 3.43. The van der Waals surface area contributed by atoms with E-state index in [-0.39, 0.29) is 11.7 Å². The lowest BCUT2D eigenvalue weighted by atomic mass is 10.1. The highest BCUT2D eigenvalue weighted by Gasteiger charge is 2.26. The van der Waals surface area contributed by atoms with E-state index in [2.05, 4.69) is 15.5 Å². The monoisotopic (exact) mass is 431 g/mol. The van der Waals surface area contributed by atoms with E-state index in [0.717, 1.165) is 12.0 Å². The molecule has 32 heavy (non-hydrogen) atoms. The number of furan rings is 1. The van der Waals surface area contributed by atoms with Gasteiger partial charge in [-0.05, 0) is 37.6 Å². The molecule has 1 fully saturated rings. The minimum atomic E-state index is -0.395. The van der Waals surface area contributed by atoms with E-state index < -0.39 is 5.91 Å². The lowest BCUT2D eigenvalue weighted by Gasteiger charge is -2.29. The second kappa shape index (κ2) is 7.84. The Hall–Kier alpha value is -4.14. The molecule has 1 aliphatic heterocycles. The molecule has 0 radical (unpaired) electrons. The quantitative estimate of drug-likeness (QED) is 0.516. The Morgan fingerprint density at radius 1 is 1.12 bits per heavy atom. The Bertz CT molecular complexity index is 1320. The first-order valence-corrected chi connectivity index (χ1v) is 10.3. The first-order valence-electron chi connectivity index (χ1n) is 10.3. The van der Waals surface area contributed by atoms with E-state index in [1.807, 2.05) is 31.2 Å². The van der Waals surface area contributed by atoms with Crippen LogP contribution in [0.4, 0.5) is 5.82 Å². The molecule has 5 rings (SSSR count). The largest absolute Gasteiger partial charge is 0.457 e. The number of amides is 2. The van der Waals surface area contributed by atoms with Crippen LogP contribution < -0.4 is 10.1 Å². The predicted octanol–water partition coefficient (Wildman–Crippen LogP) is 3.76. The van der Waals surface area contributed by atoms with Gasteiger partial charge in [0.05, 0.1) is 11.6 Å². The van der Waals surface area contributed by atoms with Gasteiger partial charge in [-0.3, -0.25) is 9.59 Å². The van der Waals surface area contributed by atoms with E-state index in [9.17, 15) is 9.59 Å². The number of rotatable bonds is 5. The number of benzene rings is 2. The average Bonchev–Trinajstić information content (AvgIpc) is 3.34. The molecule has 2 aromatic heterocycles. The average molecular weight is 431 g/mol. The Morgan fingerprint density at radius 2 is 1.91 bits per heavy atom. The number of nitrogens with one attached hydrogen (secondary N) is 1. The summed E-state index contributed by atoms with van der Waals surface area (Å²) in [6, 6.07) is 12.5. The fourth-order valence-electron chi connectivity index (χ4n) is 3.43. The molecule has 0 aliphatic carbocycles. The van der Waals surface area contributed by atoms with Crippen LogP contribution in [0.15, 0.2) is 53.1 Å². The Balaban J connectivity index is 1.53. The van der Waals surface area contributed by atoms with Crippen molar-refractivity contribution in [3.8, 4) is 11.5 Å². The Kier molecular flexibility index (Phi) is 4.85. The Labute approximate surface area is 183 Å². The number of aromatic nitrogens is 3. The van der Waals surface area contributed by atoms with Crippen molar-refractivity contribution in [1.82, 2.24) is 19.9 Å². The third kappa shape index (κ3) is 3.80. The van der Waals surface area contributed by atoms with Crippen LogP contribution in [0.3, 0.4) is 0 Å². The van der Waals surface area contributed by atoms with Gasteiger partial charge in [0.1, 0.15) is 17.1 Å². The van der Waals surface area contributed by atoms with Crippen molar-refractivity contribution in [3.05, 3.63) is 65.5 Å². The summed E-state index contributed by atoms with van der Waals surface area (Å²) in [7, 11) is 1.66. The zero-order chi connectivity index (χ0) is 22.2. The number of carbonyl (C=O) groups is 2. The van der Waals surface area contributed by atoms with E-state index in [1.165, 1.54) is 11.0 Å². The van der Waals surface area contributed by atoms with Gasteiger partial charge in [-0.15, -0.1) is 5.10 Å². The first kappa shape index (κ1) is 19.8. The van der Waals surface area contributed by atoms with Gasteiger partial charge in [-0.1, -0.05) is 17.7 Å². The van der Waals surface area contributed by atoms with Gasteiger partial charge in [0.25, 0.3) is 11.8 Å². The third-order valence-electron chi connectivity index (χ3n) is 5.31. The smallest absolute Gasteiger partial charge is 0.289 e. The van der Waals surface area contributed by atoms with Crippen LogP contribution in [0, 0.1) is 6.92 Å². The number of likely N-dealkylation sites (tertiary alicyclic amines) is 1. The molecule has 0 unspecified atom stereocenters. The maximum absolute atomic E-state index is 12.9. The lowest BCUT2D eigenvalue weighted by Crippen LogP contribution is -2.41. The summed E-state index contributed by atoms with van der Waals surface area (Å²) < 4.78 is 11.9. The summed E-state index contributed by atoms with van der Waals surface area (Å²) in [4.78, 5) is 28.6. The molecule has 1 N–H and O–H groups in total. The van der Waals surface area contributed by atoms with Gasteiger partial charge in [-0.2, -0.15) is 9.90 Å². The minimum absolute atomic E-state index is 0.167. The van der Waals surface area contributed by atoms with Crippen LogP contribution in [0.5, 0.6) is 11.5 Å². The Morgan fingerprint density at radius 3 is 2.56 bits per heavy atom. The molecule has 2 amide bonds. The SMILES string of the molecule is Cc1ccc(Oc2cc(C(=O)Nc3cnn(C)n3)cc3oc(C(=O)N4CCC4)cc23)cc1. The van der Waals surface area contributed by atoms with Crippen molar-refractivity contribution in [2.75, 3.05) is 18.4 Å². The van der Waals surface area contributed by atoms with E-state index >= 15 is 0 Å². The first-order chi connectivity index (χ1) is 15.5. The zero-order valence-electron chi connectivity index (χ0n) is 17.7. The molecule has 9 heteroatoms. The molecule has 2 aromatic carbocycles. The second-order valence-electron chi connectivity index (χ2n) is 7.73. The predicted molar refractivity (Wildman–Crippen MR) is 117 cm³/mol. The number of carbonyl (C=O) groups excluding carboxylic acids is 2. The second-order valence-corrected chi connectivity index (χ2v) is 7.73. The third-order valence-corrected chi connectivity index (χ3v) is 5.31. The molecule has 0 spiro atoms. The number of hydrogen-bond acceptors (Lipinski definition) is 6. The molecular weight excluding hydrogens is 410 g/mol. The number of anilines is 1. The zero-order valence-corrected chi connectivity index (χ0v) is 17.7. The topological polar surface area (TPSA) is 102 Å². The number of aryl methyl sites for hydroxylation is 2. The minimum Gasteiger partial charge on any atom is -0.457 e. The number of ether oxygens (including phenoxy) is 1. The molecule has 0 atom stereocenters. The summed E-state index contributed by atoms with van der Waals surface area (Å²) in [6.45, 7) is 3.42. The van der Waals surface area contributed by atoms with Gasteiger partial charge in [-0.25, -0.2) is 0 Å². The van der Waals surface area contributed by atoms with Gasteiger partial charge in [0.15, 0.2) is 11.6 Å². The van der Waals surface area contributed by atoms with Crippen LogP contribution in [-0.2, 0) is 7.05 Å². The molecule has 4 aromatic rings. The molecule has 0 saturated carbocycles. The van der Waals surface area contributed by atoms with Gasteiger partial charge in [0, 0.05) is 31.8 Å². The van der Waals surface area contributed by atoms with Crippen molar-refractivity contribution in [1.29, 1.82) is 0 Å². The molecule has 1 saturated heterocycles. The van der Waals surface area contributed by atoms with E-state index in [0.29, 0.717) is 46.9 Å². The fraction of sp³-hybridized carbons (Fsp3) is 0.217. The number of fused-ring (bicyclic) bond motifs is 1. The maximum atomic E-state index is 12.9. The molecule has 9 nitrogen and oxygen atoms in total. The van der Waals surface area contributed by atoms with Crippen LogP contribution in [0.2, 0.25) is 0 Å². The van der Waals surface area contributed by atoms with Gasteiger partial charge >= 0.3 is 0 Å². The standard InChI is InChI=1S/C23H21N5O4/c1-14-4-6-16(7-5-14)31-18-10-15(22(29)25-21-13-24-27(2)26-21)11-19-17(18)12-20(32-19)23(30)28-8-3-9-28/h4-7,10-13H,3,8-9H2,1-2H3,(H,25,26,29). The molecular formula is C23H21N5O4. The van der Waals surface area contributed by atoms with Crippen molar-refractivity contribution < 1.29 is 18.7 Å². The normalized spacial score (nSPS) is 13.1. The molecule has 0 bridgehead atoms. The van der Waals surface area contributed by atoms with Crippen molar-refractivity contribution in [2.24, 2.45) is 7.05 Å². The number of hydrogen-bond donors (Lipinski definition) is 1. The van der Waals surface area contributed by atoms with Gasteiger partial charge < -0.3 is 19.4 Å². The highest BCUT2D eigenvalue weighted by Crippen LogP contribution is 2.35. The van der Waals surface area contributed by atoms with Crippen LogP contribution in [-0.4, -0.2) is 44.8 Å². The number of nitrogens with zero attached hydrogens (tertiary/aromatic N) is 4. The lowest BCUT2D eigenvalue weighted by molar-refractivity contribution is 0.0621. The van der Waals surface area contributed by atoms with Crippen LogP contribution in [0.25, 0.3) is 11.0 Å². The maximum Gasteiger partial charge on any atom is 0.289 e. The van der Waals surface area contributed by atoms with E-state index in [4.69, 9.17) is 9.15 Å². The van der Waals surface area contributed by atoms with Crippen molar-refractivity contribution in [3.63, 3.8) is 0 Å². The van der Waals surface area contributed by atoms with Crippen molar-refractivity contribution >= 4 is 28.6 Å². The molecule has 162 valence electrons. The molecule has 1 aliphatic rings. The summed E-state index contributed by atoms with van der Waals surface area (Å²) in [5, 5.41) is 11.3. The summed E-state index contributed by atoms with van der Waals surface area (Å²) in [5.74, 6) is 1.02. The summed E-state index contributed by atoms with van der Waals surface area (Å²) in [5.41, 5.74) is 1.80. The van der Waals surface area contributed by atoms with Crippen molar-refractivity contribution in [2.45, 2.75) is 13.3 Å². The highest BCUT2D eigenvalue weighted by molar-refractivity contribution is 6.07. The van der Waals surface area contributed by atoms with Gasteiger partial charge in [0.2, 0.25) is 0 Å². The van der Waals surface area contributed by atoms with Crippen LogP contribution >= 0.6 is 0 Å².